The fourth-order valence-electron chi connectivity index (χ4n) is 5.05. The first kappa shape index (κ1) is 27.8. The molecule has 4 heterocycles. The molecule has 0 saturated carbocycles. The zero-order valence-corrected chi connectivity index (χ0v) is 22.6. The Kier molecular flexibility index (Phi) is 7.95. The van der Waals surface area contributed by atoms with Gasteiger partial charge in [-0.25, -0.2) is 14.8 Å². The Labute approximate surface area is 230 Å². The SMILES string of the molecule is CC(C)OC1CCN1C(=O)NC1CCN(CC(F)(F)F)Cc2cc(-c3ccnc(Nc4cnn(C)c4)n3)ccc21. The third kappa shape index (κ3) is 6.70. The highest BCUT2D eigenvalue weighted by Crippen LogP contribution is 2.33. The quantitative estimate of drug-likeness (QED) is 0.437. The van der Waals surface area contributed by atoms with Crippen LogP contribution in [0.4, 0.5) is 29.6 Å². The molecule has 1 aromatic carbocycles. The van der Waals surface area contributed by atoms with Crippen LogP contribution in [-0.4, -0.2) is 73.7 Å². The molecule has 0 bridgehead atoms. The van der Waals surface area contributed by atoms with E-state index in [2.05, 4.69) is 25.7 Å². The van der Waals surface area contributed by atoms with Crippen molar-refractivity contribution in [2.75, 3.05) is 25.0 Å². The minimum atomic E-state index is -4.33. The topological polar surface area (TPSA) is 100 Å². The number of fused-ring (bicyclic) bond motifs is 1. The van der Waals surface area contributed by atoms with Crippen LogP contribution in [0.3, 0.4) is 0 Å². The highest BCUT2D eigenvalue weighted by atomic mass is 19.4. The van der Waals surface area contributed by atoms with Crippen LogP contribution >= 0.6 is 0 Å². The van der Waals surface area contributed by atoms with E-state index in [1.807, 2.05) is 32.0 Å². The third-order valence-corrected chi connectivity index (χ3v) is 6.91. The number of anilines is 2. The number of rotatable bonds is 7. The van der Waals surface area contributed by atoms with Crippen LogP contribution in [0.15, 0.2) is 42.9 Å². The lowest BCUT2D eigenvalue weighted by Crippen LogP contribution is -2.57. The van der Waals surface area contributed by atoms with E-state index in [-0.39, 0.29) is 31.5 Å². The molecule has 1 saturated heterocycles. The summed E-state index contributed by atoms with van der Waals surface area (Å²) >= 11 is 0. The zero-order chi connectivity index (χ0) is 28.4. The van der Waals surface area contributed by atoms with Crippen molar-refractivity contribution < 1.29 is 22.7 Å². The summed E-state index contributed by atoms with van der Waals surface area (Å²) in [6.07, 6.45) is 1.53. The van der Waals surface area contributed by atoms with Gasteiger partial charge in [-0.2, -0.15) is 18.3 Å². The number of nitrogens with one attached hydrogen (secondary N) is 2. The number of hydrogen-bond acceptors (Lipinski definition) is 7. The second kappa shape index (κ2) is 11.4. The van der Waals surface area contributed by atoms with Gasteiger partial charge < -0.3 is 15.4 Å². The summed E-state index contributed by atoms with van der Waals surface area (Å²) < 4.78 is 47.6. The van der Waals surface area contributed by atoms with Crippen LogP contribution in [0.2, 0.25) is 0 Å². The molecule has 5 rings (SSSR count). The smallest absolute Gasteiger partial charge is 0.356 e. The summed E-state index contributed by atoms with van der Waals surface area (Å²) in [6.45, 7) is 3.67. The number of nitrogens with zero attached hydrogens (tertiary/aromatic N) is 6. The summed E-state index contributed by atoms with van der Waals surface area (Å²) in [5.41, 5.74) is 3.59. The standard InChI is InChI=1S/C27H33F3N8O2/c1-17(2)40-24-8-11-38(24)26(39)35-23-7-10-37(16-27(28,29)30)14-19-12-18(4-5-21(19)23)22-6-9-31-25(34-22)33-20-13-32-36(3)15-20/h4-6,9,12-13,15,17,23-24H,7-8,10-11,14,16H2,1-3H3,(H,35,39)(H,31,33,34). The van der Waals surface area contributed by atoms with Gasteiger partial charge >= 0.3 is 12.2 Å². The van der Waals surface area contributed by atoms with Crippen LogP contribution < -0.4 is 10.6 Å². The van der Waals surface area contributed by atoms with Gasteiger partial charge in [0.2, 0.25) is 5.95 Å². The van der Waals surface area contributed by atoms with Crippen LogP contribution in [0, 0.1) is 0 Å². The fourth-order valence-corrected chi connectivity index (χ4v) is 5.05. The van der Waals surface area contributed by atoms with Crippen LogP contribution in [-0.2, 0) is 18.3 Å². The lowest BCUT2D eigenvalue weighted by atomic mass is 9.96. The van der Waals surface area contributed by atoms with E-state index < -0.39 is 18.8 Å². The van der Waals surface area contributed by atoms with Gasteiger partial charge in [-0.3, -0.25) is 14.5 Å². The monoisotopic (exact) mass is 558 g/mol. The largest absolute Gasteiger partial charge is 0.401 e. The molecule has 1 fully saturated rings. The molecule has 3 aromatic rings. The first-order valence-corrected chi connectivity index (χ1v) is 13.3. The second-order valence-corrected chi connectivity index (χ2v) is 10.4. The minimum Gasteiger partial charge on any atom is -0.356 e. The average molecular weight is 559 g/mol. The van der Waals surface area contributed by atoms with Gasteiger partial charge in [-0.15, -0.1) is 0 Å². The molecule has 13 heteroatoms. The molecule has 0 aliphatic carbocycles. The van der Waals surface area contributed by atoms with Crippen molar-refractivity contribution in [1.82, 2.24) is 34.9 Å². The van der Waals surface area contributed by atoms with E-state index in [1.54, 1.807) is 41.3 Å². The normalized spacial score (nSPS) is 19.6. The van der Waals surface area contributed by atoms with E-state index in [4.69, 9.17) is 4.74 Å². The number of benzene rings is 1. The first-order chi connectivity index (χ1) is 19.0. The van der Waals surface area contributed by atoms with Gasteiger partial charge in [0.05, 0.1) is 36.3 Å². The Morgan fingerprint density at radius 3 is 2.70 bits per heavy atom. The minimum absolute atomic E-state index is 0.0181. The summed E-state index contributed by atoms with van der Waals surface area (Å²) in [6, 6.07) is 6.64. The highest BCUT2D eigenvalue weighted by molar-refractivity contribution is 5.76. The number of halogens is 3. The lowest BCUT2D eigenvalue weighted by Gasteiger charge is -2.42. The van der Waals surface area contributed by atoms with Crippen molar-refractivity contribution in [3.05, 3.63) is 54.0 Å². The molecule has 2 aromatic heterocycles. The van der Waals surface area contributed by atoms with Crippen LogP contribution in [0.5, 0.6) is 0 Å². The third-order valence-electron chi connectivity index (χ3n) is 6.91. The van der Waals surface area contributed by atoms with Gasteiger partial charge in [0.25, 0.3) is 0 Å². The Hall–Kier alpha value is -3.71. The number of alkyl halides is 3. The van der Waals surface area contributed by atoms with E-state index in [9.17, 15) is 18.0 Å². The summed E-state index contributed by atoms with van der Waals surface area (Å²) in [4.78, 5) is 25.0. The number of carbonyl (C=O) groups is 1. The van der Waals surface area contributed by atoms with Crippen LogP contribution in [0.1, 0.15) is 43.9 Å². The number of carbonyl (C=O) groups excluding carboxylic acids is 1. The molecule has 40 heavy (non-hydrogen) atoms. The molecule has 10 nitrogen and oxygen atoms in total. The molecule has 2 aliphatic rings. The van der Waals surface area contributed by atoms with Crippen LogP contribution in [0.25, 0.3) is 11.3 Å². The maximum atomic E-state index is 13.4. The maximum absolute atomic E-state index is 13.4. The van der Waals surface area contributed by atoms with Gasteiger partial charge in [-0.1, -0.05) is 12.1 Å². The second-order valence-electron chi connectivity index (χ2n) is 10.4. The average Bonchev–Trinajstić information content (AvgIpc) is 3.20. The summed E-state index contributed by atoms with van der Waals surface area (Å²) in [5, 5.41) is 10.3. The predicted octanol–water partition coefficient (Wildman–Crippen LogP) is 4.60. The fraction of sp³-hybridized carbons (Fsp3) is 0.481. The number of urea groups is 1. The van der Waals surface area contributed by atoms with Gasteiger partial charge in [0, 0.05) is 51.1 Å². The molecule has 0 radical (unpaired) electrons. The Morgan fingerprint density at radius 1 is 1.20 bits per heavy atom. The van der Waals surface area contributed by atoms with Gasteiger partial charge in [0.1, 0.15) is 6.23 Å². The molecule has 2 amide bonds. The number of aryl methyl sites for hydroxylation is 1. The molecule has 2 N–H and O–H groups in total. The molecule has 2 unspecified atom stereocenters. The Balaban J connectivity index is 1.40. The maximum Gasteiger partial charge on any atom is 0.401 e. The van der Waals surface area contributed by atoms with Gasteiger partial charge in [0.15, 0.2) is 0 Å². The molecule has 0 spiro atoms. The Morgan fingerprint density at radius 2 is 2.02 bits per heavy atom. The number of hydrogen-bond donors (Lipinski definition) is 2. The van der Waals surface area contributed by atoms with E-state index in [1.165, 1.54) is 4.90 Å². The first-order valence-electron chi connectivity index (χ1n) is 13.3. The molecule has 2 aliphatic heterocycles. The summed E-state index contributed by atoms with van der Waals surface area (Å²) in [5.74, 6) is 0.372. The number of amides is 2. The molecular weight excluding hydrogens is 525 g/mol. The lowest BCUT2D eigenvalue weighted by molar-refractivity contribution is -0.147. The number of aromatic nitrogens is 4. The zero-order valence-electron chi connectivity index (χ0n) is 22.6. The molecule has 2 atom stereocenters. The van der Waals surface area contributed by atoms with Crippen molar-refractivity contribution in [2.45, 2.75) is 57.8 Å². The van der Waals surface area contributed by atoms with Crippen molar-refractivity contribution in [1.29, 1.82) is 0 Å². The van der Waals surface area contributed by atoms with Crippen molar-refractivity contribution in [3.8, 4) is 11.3 Å². The van der Waals surface area contributed by atoms with Crippen molar-refractivity contribution in [3.63, 3.8) is 0 Å². The number of likely N-dealkylation sites (tertiary alicyclic amines) is 1. The highest BCUT2D eigenvalue weighted by Gasteiger charge is 2.37. The summed E-state index contributed by atoms with van der Waals surface area (Å²) in [7, 11) is 1.80. The van der Waals surface area contributed by atoms with E-state index >= 15 is 0 Å². The molecule has 214 valence electrons. The van der Waals surface area contributed by atoms with Crippen molar-refractivity contribution >= 4 is 17.7 Å². The number of ether oxygens (including phenoxy) is 1. The van der Waals surface area contributed by atoms with Crippen molar-refractivity contribution in [2.24, 2.45) is 7.05 Å². The molecular formula is C27H33F3N8O2. The Bertz CT molecular complexity index is 1350. The van der Waals surface area contributed by atoms with E-state index in [0.717, 1.165) is 23.2 Å². The predicted molar refractivity (Wildman–Crippen MR) is 143 cm³/mol. The van der Waals surface area contributed by atoms with Gasteiger partial charge in [-0.05, 0) is 43.5 Å². The van der Waals surface area contributed by atoms with E-state index in [0.29, 0.717) is 30.2 Å².